The topological polar surface area (TPSA) is 55.1 Å². The lowest BCUT2D eigenvalue weighted by atomic mass is 10.1. The molecule has 0 fully saturated rings. The van der Waals surface area contributed by atoms with Gasteiger partial charge in [0.1, 0.15) is 11.6 Å². The Labute approximate surface area is 113 Å². The van der Waals surface area contributed by atoms with Crippen LogP contribution in [0.2, 0.25) is 5.02 Å². The van der Waals surface area contributed by atoms with Crippen molar-refractivity contribution in [2.75, 3.05) is 11.1 Å². The number of amides is 1. The fraction of sp³-hybridized carbons (Fsp3) is 0. The minimum Gasteiger partial charge on any atom is -0.399 e. The van der Waals surface area contributed by atoms with Crippen molar-refractivity contribution in [3.05, 3.63) is 58.6 Å². The maximum atomic E-state index is 13.4. The second-order valence-electron chi connectivity index (χ2n) is 3.85. The Kier molecular flexibility index (Phi) is 3.66. The van der Waals surface area contributed by atoms with Crippen molar-refractivity contribution < 1.29 is 13.6 Å². The lowest BCUT2D eigenvalue weighted by Crippen LogP contribution is -2.13. The van der Waals surface area contributed by atoms with Gasteiger partial charge in [-0.25, -0.2) is 8.78 Å². The first kappa shape index (κ1) is 13.3. The van der Waals surface area contributed by atoms with Crippen LogP contribution in [0.3, 0.4) is 0 Å². The summed E-state index contributed by atoms with van der Waals surface area (Å²) >= 11 is 5.70. The van der Waals surface area contributed by atoms with Crippen LogP contribution in [0.5, 0.6) is 0 Å². The lowest BCUT2D eigenvalue weighted by molar-refractivity contribution is 0.102. The number of rotatable bonds is 2. The first-order valence-electron chi connectivity index (χ1n) is 5.28. The van der Waals surface area contributed by atoms with E-state index in [4.69, 9.17) is 17.3 Å². The third kappa shape index (κ3) is 3.20. The van der Waals surface area contributed by atoms with Gasteiger partial charge in [-0.05, 0) is 36.4 Å². The van der Waals surface area contributed by atoms with Crippen molar-refractivity contribution in [2.45, 2.75) is 0 Å². The Morgan fingerprint density at radius 3 is 2.58 bits per heavy atom. The number of hydrogen-bond acceptors (Lipinski definition) is 2. The van der Waals surface area contributed by atoms with E-state index in [9.17, 15) is 13.6 Å². The quantitative estimate of drug-likeness (QED) is 0.829. The van der Waals surface area contributed by atoms with Crippen molar-refractivity contribution >= 4 is 28.9 Å². The Balaban J connectivity index is 2.28. The van der Waals surface area contributed by atoms with E-state index in [2.05, 4.69) is 5.32 Å². The molecule has 0 saturated carbocycles. The van der Waals surface area contributed by atoms with Gasteiger partial charge < -0.3 is 11.1 Å². The second-order valence-corrected chi connectivity index (χ2v) is 4.29. The van der Waals surface area contributed by atoms with Gasteiger partial charge in [0.05, 0.1) is 5.69 Å². The van der Waals surface area contributed by atoms with E-state index in [1.807, 2.05) is 0 Å². The highest BCUT2D eigenvalue weighted by Crippen LogP contribution is 2.21. The summed E-state index contributed by atoms with van der Waals surface area (Å²) in [6.45, 7) is 0. The predicted octanol–water partition coefficient (Wildman–Crippen LogP) is 3.45. The van der Waals surface area contributed by atoms with Gasteiger partial charge in [-0.2, -0.15) is 0 Å². The first-order valence-corrected chi connectivity index (χ1v) is 5.66. The first-order chi connectivity index (χ1) is 8.95. The molecule has 3 N–H and O–H groups in total. The number of carbonyl (C=O) groups excluding carboxylic acids is 1. The largest absolute Gasteiger partial charge is 0.399 e. The maximum absolute atomic E-state index is 13.4. The average molecular weight is 283 g/mol. The summed E-state index contributed by atoms with van der Waals surface area (Å²) in [5, 5.41) is 2.57. The molecular weight excluding hydrogens is 274 g/mol. The molecule has 6 heteroatoms. The van der Waals surface area contributed by atoms with E-state index in [0.29, 0.717) is 0 Å². The van der Waals surface area contributed by atoms with Crippen LogP contribution in [-0.4, -0.2) is 5.91 Å². The summed E-state index contributed by atoms with van der Waals surface area (Å²) in [6, 6.07) is 7.12. The van der Waals surface area contributed by atoms with E-state index in [1.165, 1.54) is 18.2 Å². The average Bonchev–Trinajstić information content (AvgIpc) is 2.32. The van der Waals surface area contributed by atoms with Gasteiger partial charge in [-0.15, -0.1) is 0 Å². The van der Waals surface area contributed by atoms with Crippen LogP contribution in [0.15, 0.2) is 36.4 Å². The zero-order valence-electron chi connectivity index (χ0n) is 9.58. The summed E-state index contributed by atoms with van der Waals surface area (Å²) in [5.74, 6) is -1.95. The Morgan fingerprint density at radius 2 is 1.89 bits per heavy atom. The van der Waals surface area contributed by atoms with Gasteiger partial charge in [0, 0.05) is 16.3 Å². The van der Waals surface area contributed by atoms with Gasteiger partial charge in [0.2, 0.25) is 0 Å². The van der Waals surface area contributed by atoms with Crippen molar-refractivity contribution in [2.24, 2.45) is 0 Å². The van der Waals surface area contributed by atoms with Crippen LogP contribution < -0.4 is 11.1 Å². The molecule has 0 bridgehead atoms. The molecule has 98 valence electrons. The SMILES string of the molecule is Nc1cc(F)cc(C(=O)Nc2cc(Cl)ccc2F)c1. The van der Waals surface area contributed by atoms with Crippen LogP contribution in [0.1, 0.15) is 10.4 Å². The van der Waals surface area contributed by atoms with Crippen molar-refractivity contribution in [3.8, 4) is 0 Å². The number of hydrogen-bond donors (Lipinski definition) is 2. The van der Waals surface area contributed by atoms with Crippen molar-refractivity contribution in [1.29, 1.82) is 0 Å². The van der Waals surface area contributed by atoms with E-state index >= 15 is 0 Å². The maximum Gasteiger partial charge on any atom is 0.255 e. The normalized spacial score (nSPS) is 10.3. The molecule has 0 unspecified atom stereocenters. The van der Waals surface area contributed by atoms with E-state index in [1.54, 1.807) is 0 Å². The molecule has 2 aromatic carbocycles. The van der Waals surface area contributed by atoms with Gasteiger partial charge in [0.25, 0.3) is 5.91 Å². The number of benzene rings is 2. The van der Waals surface area contributed by atoms with Gasteiger partial charge >= 0.3 is 0 Å². The van der Waals surface area contributed by atoms with Crippen molar-refractivity contribution in [1.82, 2.24) is 0 Å². The monoisotopic (exact) mass is 282 g/mol. The number of carbonyl (C=O) groups is 1. The van der Waals surface area contributed by atoms with Crippen LogP contribution >= 0.6 is 11.6 Å². The van der Waals surface area contributed by atoms with E-state index in [0.717, 1.165) is 18.2 Å². The van der Waals surface area contributed by atoms with Gasteiger partial charge in [-0.1, -0.05) is 11.6 Å². The summed E-state index contributed by atoms with van der Waals surface area (Å²) in [7, 11) is 0. The number of nitrogens with two attached hydrogens (primary N) is 1. The fourth-order valence-electron chi connectivity index (χ4n) is 1.53. The molecule has 2 rings (SSSR count). The fourth-order valence-corrected chi connectivity index (χ4v) is 1.70. The highest BCUT2D eigenvalue weighted by Gasteiger charge is 2.11. The smallest absolute Gasteiger partial charge is 0.255 e. The van der Waals surface area contributed by atoms with Gasteiger partial charge in [-0.3, -0.25) is 4.79 Å². The molecule has 1 amide bonds. The molecule has 0 aliphatic rings. The molecule has 0 saturated heterocycles. The van der Waals surface area contributed by atoms with Crippen LogP contribution in [0.25, 0.3) is 0 Å². The number of halogens is 3. The van der Waals surface area contributed by atoms with Crippen LogP contribution in [-0.2, 0) is 0 Å². The molecule has 0 spiro atoms. The summed E-state index contributed by atoms with van der Waals surface area (Å²) in [5.41, 5.74) is 5.45. The second kappa shape index (κ2) is 5.24. The van der Waals surface area contributed by atoms with Crippen LogP contribution in [0, 0.1) is 11.6 Å². The van der Waals surface area contributed by atoms with E-state index in [-0.39, 0.29) is 22.0 Å². The summed E-state index contributed by atoms with van der Waals surface area (Å²) in [4.78, 5) is 11.8. The summed E-state index contributed by atoms with van der Waals surface area (Å²) < 4.78 is 26.5. The Bertz CT molecular complexity index is 626. The Morgan fingerprint density at radius 1 is 1.16 bits per heavy atom. The number of nitrogens with one attached hydrogen (secondary N) is 1. The molecule has 0 radical (unpaired) electrons. The van der Waals surface area contributed by atoms with Crippen molar-refractivity contribution in [3.63, 3.8) is 0 Å². The minimum atomic E-state index is -0.674. The van der Waals surface area contributed by atoms with Crippen LogP contribution in [0.4, 0.5) is 20.2 Å². The molecule has 0 aliphatic carbocycles. The molecule has 0 aromatic heterocycles. The highest BCUT2D eigenvalue weighted by molar-refractivity contribution is 6.31. The molecule has 0 heterocycles. The highest BCUT2D eigenvalue weighted by atomic mass is 35.5. The third-order valence-electron chi connectivity index (χ3n) is 2.36. The molecule has 3 nitrogen and oxygen atoms in total. The molecule has 0 atom stereocenters. The zero-order chi connectivity index (χ0) is 14.0. The minimum absolute atomic E-state index is 0.00289. The number of nitrogen functional groups attached to an aromatic ring is 1. The molecule has 0 aliphatic heterocycles. The standard InChI is InChI=1S/C13H9ClF2N2O/c14-8-1-2-11(16)12(5-8)18-13(19)7-3-9(15)6-10(17)4-7/h1-6H,17H2,(H,18,19). The molecule has 19 heavy (non-hydrogen) atoms. The molecular formula is C13H9ClF2N2O. The lowest BCUT2D eigenvalue weighted by Gasteiger charge is -2.07. The third-order valence-corrected chi connectivity index (χ3v) is 2.59. The van der Waals surface area contributed by atoms with Gasteiger partial charge in [0.15, 0.2) is 0 Å². The zero-order valence-corrected chi connectivity index (χ0v) is 10.3. The predicted molar refractivity (Wildman–Crippen MR) is 70.2 cm³/mol. The summed E-state index contributed by atoms with van der Waals surface area (Å²) in [6.07, 6.45) is 0. The van der Waals surface area contributed by atoms with E-state index < -0.39 is 17.5 Å². The Hall–Kier alpha value is -2.14. The number of anilines is 2. The molecule has 2 aromatic rings.